The van der Waals surface area contributed by atoms with Crippen LogP contribution < -0.4 is 9.94 Å². The van der Waals surface area contributed by atoms with Crippen molar-refractivity contribution in [1.29, 1.82) is 0 Å². The van der Waals surface area contributed by atoms with Crippen LogP contribution in [0.2, 0.25) is 5.02 Å². The van der Waals surface area contributed by atoms with E-state index in [0.717, 1.165) is 5.52 Å². The molecule has 1 amide bonds. The van der Waals surface area contributed by atoms with Crippen molar-refractivity contribution in [3.8, 4) is 0 Å². The molecule has 2 aromatic carbocycles. The average molecular weight is 434 g/mol. The van der Waals surface area contributed by atoms with Gasteiger partial charge in [-0.15, -0.1) is 6.58 Å². The fraction of sp³-hybridized carbons (Fsp3) is 0.0526. The number of nitrogens with two attached hydrogens (primary N) is 1. The minimum absolute atomic E-state index is 0.00324. The highest BCUT2D eigenvalue weighted by Crippen LogP contribution is 2.21. The predicted octanol–water partition coefficient (Wildman–Crippen LogP) is 3.33. The lowest BCUT2D eigenvalue weighted by atomic mass is 10.2. The summed E-state index contributed by atoms with van der Waals surface area (Å²) in [6, 6.07) is 11.7. The summed E-state index contributed by atoms with van der Waals surface area (Å²) in [6.07, 6.45) is 4.60. The van der Waals surface area contributed by atoms with Crippen LogP contribution in [0.4, 0.5) is 0 Å². The molecule has 0 atom stereocenters. The van der Waals surface area contributed by atoms with E-state index < -0.39 is 15.9 Å². The summed E-state index contributed by atoms with van der Waals surface area (Å²) in [5.74, 6) is -0.462. The van der Waals surface area contributed by atoms with Gasteiger partial charge in [0.05, 0.1) is 15.1 Å². The molecule has 2 N–H and O–H groups in total. The molecule has 0 radical (unpaired) electrons. The van der Waals surface area contributed by atoms with E-state index in [1.165, 1.54) is 29.5 Å². The van der Waals surface area contributed by atoms with Crippen molar-refractivity contribution in [2.75, 3.05) is 0 Å². The highest BCUT2D eigenvalue weighted by Gasteiger charge is 2.12. The fourth-order valence-electron chi connectivity index (χ4n) is 2.52. The summed E-state index contributed by atoms with van der Waals surface area (Å²) in [4.78, 5) is 16.9. The Kier molecular flexibility index (Phi) is 5.95. The Labute approximate surface area is 171 Å². The van der Waals surface area contributed by atoms with Crippen LogP contribution in [0.25, 0.3) is 16.3 Å². The SMILES string of the molecule is C=CCn1c(=NC(=O)/C=C/c2ccccc2Cl)sc2cc(S(N)(=O)=O)ccc21. The Bertz CT molecular complexity index is 1270. The first-order valence-electron chi connectivity index (χ1n) is 8.08. The number of aromatic nitrogens is 1. The third-order valence-electron chi connectivity index (χ3n) is 3.81. The van der Waals surface area contributed by atoms with E-state index in [1.807, 2.05) is 6.07 Å². The largest absolute Gasteiger partial charge is 0.312 e. The molecule has 0 fully saturated rings. The molecule has 1 heterocycles. The quantitative estimate of drug-likeness (QED) is 0.493. The van der Waals surface area contributed by atoms with Gasteiger partial charge in [0, 0.05) is 17.6 Å². The maximum Gasteiger partial charge on any atom is 0.272 e. The van der Waals surface area contributed by atoms with E-state index in [1.54, 1.807) is 41.0 Å². The number of fused-ring (bicyclic) bond motifs is 1. The number of benzene rings is 2. The maximum atomic E-state index is 12.3. The number of carbonyl (C=O) groups excluding carboxylic acids is 1. The molecular formula is C19H16ClN3O3S2. The van der Waals surface area contributed by atoms with Crippen molar-refractivity contribution < 1.29 is 13.2 Å². The first kappa shape index (κ1) is 20.2. The number of amides is 1. The number of rotatable bonds is 5. The van der Waals surface area contributed by atoms with Crippen LogP contribution in [0.3, 0.4) is 0 Å². The lowest BCUT2D eigenvalue weighted by molar-refractivity contribution is -0.113. The molecule has 3 aromatic rings. The normalized spacial score (nSPS) is 12.7. The number of hydrogen-bond donors (Lipinski definition) is 1. The Balaban J connectivity index is 2.05. The molecule has 1 aromatic heterocycles. The summed E-state index contributed by atoms with van der Waals surface area (Å²) >= 11 is 7.27. The van der Waals surface area contributed by atoms with Gasteiger partial charge in [-0.3, -0.25) is 4.79 Å². The predicted molar refractivity (Wildman–Crippen MR) is 112 cm³/mol. The Morgan fingerprint density at radius 2 is 2.04 bits per heavy atom. The van der Waals surface area contributed by atoms with Crippen molar-refractivity contribution in [1.82, 2.24) is 4.57 Å². The topological polar surface area (TPSA) is 94.5 Å². The highest BCUT2D eigenvalue weighted by molar-refractivity contribution is 7.89. The monoisotopic (exact) mass is 433 g/mol. The van der Waals surface area contributed by atoms with Gasteiger partial charge in [-0.05, 0) is 35.9 Å². The van der Waals surface area contributed by atoms with Gasteiger partial charge in [0.25, 0.3) is 5.91 Å². The van der Waals surface area contributed by atoms with Gasteiger partial charge in [0.2, 0.25) is 10.0 Å². The van der Waals surface area contributed by atoms with Crippen LogP contribution in [0.15, 0.2) is 71.1 Å². The lowest BCUT2D eigenvalue weighted by Crippen LogP contribution is -2.15. The molecular weight excluding hydrogens is 418 g/mol. The number of primary sulfonamides is 1. The summed E-state index contributed by atoms with van der Waals surface area (Å²) in [6.45, 7) is 4.13. The van der Waals surface area contributed by atoms with Crippen LogP contribution in [0, 0.1) is 0 Å². The molecule has 28 heavy (non-hydrogen) atoms. The zero-order chi connectivity index (χ0) is 20.3. The Morgan fingerprint density at radius 1 is 1.29 bits per heavy atom. The number of sulfonamides is 1. The molecule has 0 spiro atoms. The molecule has 0 saturated heterocycles. The van der Waals surface area contributed by atoms with Gasteiger partial charge in [-0.1, -0.05) is 47.2 Å². The van der Waals surface area contributed by atoms with Crippen LogP contribution in [0.1, 0.15) is 5.56 Å². The smallest absolute Gasteiger partial charge is 0.272 e. The number of carbonyl (C=O) groups is 1. The van der Waals surface area contributed by atoms with E-state index in [0.29, 0.717) is 26.6 Å². The van der Waals surface area contributed by atoms with E-state index in [2.05, 4.69) is 11.6 Å². The fourth-order valence-corrected chi connectivity index (χ4v) is 4.42. The molecule has 144 valence electrons. The second kappa shape index (κ2) is 8.24. The average Bonchev–Trinajstić information content (AvgIpc) is 2.97. The standard InChI is InChI=1S/C19H16ClN3O3S2/c1-2-11-23-16-9-8-14(28(21,25)26)12-17(16)27-19(23)22-18(24)10-7-13-5-3-4-6-15(13)20/h2-10,12H,1,11H2,(H2,21,25,26)/b10-7+,22-19?. The highest BCUT2D eigenvalue weighted by atomic mass is 35.5. The van der Waals surface area contributed by atoms with Gasteiger partial charge in [-0.25, -0.2) is 13.6 Å². The van der Waals surface area contributed by atoms with E-state index in [4.69, 9.17) is 16.7 Å². The van der Waals surface area contributed by atoms with E-state index in [-0.39, 0.29) is 4.90 Å². The molecule has 0 aliphatic rings. The molecule has 0 bridgehead atoms. The first-order valence-corrected chi connectivity index (χ1v) is 10.8. The molecule has 0 aliphatic heterocycles. The molecule has 9 heteroatoms. The van der Waals surface area contributed by atoms with Gasteiger partial charge in [-0.2, -0.15) is 4.99 Å². The molecule has 6 nitrogen and oxygen atoms in total. The van der Waals surface area contributed by atoms with E-state index >= 15 is 0 Å². The summed E-state index contributed by atoms with van der Waals surface area (Å²) < 4.78 is 25.6. The second-order valence-electron chi connectivity index (χ2n) is 5.76. The number of allylic oxidation sites excluding steroid dienone is 1. The van der Waals surface area contributed by atoms with Crippen molar-refractivity contribution in [2.24, 2.45) is 10.1 Å². The molecule has 0 saturated carbocycles. The number of halogens is 1. The van der Waals surface area contributed by atoms with Crippen molar-refractivity contribution in [3.63, 3.8) is 0 Å². The molecule has 3 rings (SSSR count). The van der Waals surface area contributed by atoms with Crippen molar-refractivity contribution in [3.05, 3.63) is 76.6 Å². The van der Waals surface area contributed by atoms with Gasteiger partial charge in [0.15, 0.2) is 4.80 Å². The summed E-state index contributed by atoms with van der Waals surface area (Å²) in [5, 5.41) is 5.73. The minimum Gasteiger partial charge on any atom is -0.312 e. The zero-order valence-corrected chi connectivity index (χ0v) is 17.0. The molecule has 0 aliphatic carbocycles. The molecule has 0 unspecified atom stereocenters. The van der Waals surface area contributed by atoms with Crippen LogP contribution in [-0.2, 0) is 21.4 Å². The third-order valence-corrected chi connectivity index (χ3v) is 6.11. The summed E-state index contributed by atoms with van der Waals surface area (Å²) in [7, 11) is -3.82. The van der Waals surface area contributed by atoms with Gasteiger partial charge in [0.1, 0.15) is 0 Å². The zero-order valence-electron chi connectivity index (χ0n) is 14.6. The van der Waals surface area contributed by atoms with Crippen LogP contribution >= 0.6 is 22.9 Å². The Hall–Kier alpha value is -2.52. The van der Waals surface area contributed by atoms with Crippen LogP contribution in [0.5, 0.6) is 0 Å². The van der Waals surface area contributed by atoms with Crippen molar-refractivity contribution >= 4 is 55.2 Å². The van der Waals surface area contributed by atoms with Gasteiger partial charge >= 0.3 is 0 Å². The van der Waals surface area contributed by atoms with Crippen LogP contribution in [-0.4, -0.2) is 18.9 Å². The number of nitrogens with zero attached hydrogens (tertiary/aromatic N) is 2. The van der Waals surface area contributed by atoms with Gasteiger partial charge < -0.3 is 4.57 Å². The van der Waals surface area contributed by atoms with Crippen molar-refractivity contribution in [2.45, 2.75) is 11.4 Å². The second-order valence-corrected chi connectivity index (χ2v) is 8.74. The third kappa shape index (κ3) is 4.48. The first-order chi connectivity index (χ1) is 13.3. The Morgan fingerprint density at radius 3 is 2.71 bits per heavy atom. The maximum absolute atomic E-state index is 12.3. The lowest BCUT2D eigenvalue weighted by Gasteiger charge is -2.02. The van der Waals surface area contributed by atoms with E-state index in [9.17, 15) is 13.2 Å². The number of hydrogen-bond acceptors (Lipinski definition) is 4. The summed E-state index contributed by atoms with van der Waals surface area (Å²) in [5.41, 5.74) is 1.44. The minimum atomic E-state index is -3.82. The number of thiazole rings is 1.